The van der Waals surface area contributed by atoms with Crippen LogP contribution in [-0.2, 0) is 13.6 Å². The lowest BCUT2D eigenvalue weighted by atomic mass is 10.1. The maximum Gasteiger partial charge on any atom is 0.352 e. The summed E-state index contributed by atoms with van der Waals surface area (Å²) in [5.74, 6) is -0.0347. The van der Waals surface area contributed by atoms with E-state index in [1.807, 2.05) is 38.1 Å². The Balaban J connectivity index is 1.87. The van der Waals surface area contributed by atoms with Crippen LogP contribution in [0.2, 0.25) is 0 Å². The van der Waals surface area contributed by atoms with Crippen molar-refractivity contribution in [3.8, 4) is 0 Å². The molecule has 0 bridgehead atoms. The molecule has 0 radical (unpaired) electrons. The van der Waals surface area contributed by atoms with Gasteiger partial charge in [0, 0.05) is 18.7 Å². The number of nitrogens with one attached hydrogen (secondary N) is 1. The second kappa shape index (κ2) is 8.30. The summed E-state index contributed by atoms with van der Waals surface area (Å²) in [5, 5.41) is 7.66. The maximum absolute atomic E-state index is 13.3. The van der Waals surface area contributed by atoms with Crippen LogP contribution < -0.4 is 16.6 Å². The molecule has 1 amide bonds. The molecular formula is C24H25N5O3. The van der Waals surface area contributed by atoms with Crippen LogP contribution in [0, 0.1) is 0 Å². The molecule has 2 heterocycles. The van der Waals surface area contributed by atoms with Gasteiger partial charge in [0.1, 0.15) is 0 Å². The van der Waals surface area contributed by atoms with Crippen molar-refractivity contribution in [3.63, 3.8) is 0 Å². The summed E-state index contributed by atoms with van der Waals surface area (Å²) < 4.78 is 4.05. The van der Waals surface area contributed by atoms with Crippen LogP contribution in [0.25, 0.3) is 22.8 Å². The van der Waals surface area contributed by atoms with Gasteiger partial charge in [-0.25, -0.2) is 13.9 Å². The summed E-state index contributed by atoms with van der Waals surface area (Å²) in [5.41, 5.74) is 1.95. The van der Waals surface area contributed by atoms with Crippen LogP contribution in [-0.4, -0.2) is 30.7 Å². The molecule has 1 N–H and O–H groups in total. The Kier molecular flexibility index (Phi) is 5.52. The summed E-state index contributed by atoms with van der Waals surface area (Å²) in [4.78, 5) is 38.8. The number of nitrogens with zero attached hydrogens (tertiary/aromatic N) is 4. The first-order chi connectivity index (χ1) is 15.3. The fraction of sp³-hybridized carbons (Fsp3) is 0.250. The van der Waals surface area contributed by atoms with Crippen LogP contribution in [0.15, 0.2) is 58.6 Å². The quantitative estimate of drug-likeness (QED) is 0.508. The predicted molar refractivity (Wildman–Crippen MR) is 125 cm³/mol. The van der Waals surface area contributed by atoms with Crippen LogP contribution in [0.3, 0.4) is 0 Å². The van der Waals surface area contributed by atoms with Crippen molar-refractivity contribution in [2.24, 2.45) is 7.05 Å². The van der Waals surface area contributed by atoms with Gasteiger partial charge in [0.15, 0.2) is 0 Å². The third-order valence-corrected chi connectivity index (χ3v) is 5.70. The largest absolute Gasteiger partial charge is 0.352 e. The molecule has 8 nitrogen and oxygen atoms in total. The van der Waals surface area contributed by atoms with E-state index in [1.165, 1.54) is 13.6 Å². The Bertz CT molecular complexity index is 1460. The van der Waals surface area contributed by atoms with E-state index in [4.69, 9.17) is 0 Å². The van der Waals surface area contributed by atoms with Crippen molar-refractivity contribution >= 4 is 28.7 Å². The van der Waals surface area contributed by atoms with Crippen LogP contribution in [0.5, 0.6) is 0 Å². The number of rotatable bonds is 6. The van der Waals surface area contributed by atoms with Crippen molar-refractivity contribution < 1.29 is 4.79 Å². The molecule has 4 aromatic rings. The second-order valence-corrected chi connectivity index (χ2v) is 7.90. The number of aromatic nitrogens is 4. The third-order valence-electron chi connectivity index (χ3n) is 5.70. The lowest BCUT2D eigenvalue weighted by molar-refractivity contribution is 0.0939. The minimum Gasteiger partial charge on any atom is -0.350 e. The molecule has 8 heteroatoms. The Labute approximate surface area is 184 Å². The molecule has 0 aliphatic carbocycles. The maximum atomic E-state index is 13.3. The number of carbonyl (C=O) groups is 1. The van der Waals surface area contributed by atoms with E-state index in [2.05, 4.69) is 17.0 Å². The van der Waals surface area contributed by atoms with E-state index in [1.54, 1.807) is 31.3 Å². The van der Waals surface area contributed by atoms with Gasteiger partial charge in [-0.05, 0) is 42.7 Å². The monoisotopic (exact) mass is 431 g/mol. The first-order valence-corrected chi connectivity index (χ1v) is 10.5. The average Bonchev–Trinajstić information content (AvgIpc) is 3.13. The van der Waals surface area contributed by atoms with E-state index in [0.29, 0.717) is 16.5 Å². The van der Waals surface area contributed by atoms with E-state index in [0.717, 1.165) is 17.5 Å². The van der Waals surface area contributed by atoms with Crippen molar-refractivity contribution in [1.29, 1.82) is 0 Å². The fourth-order valence-electron chi connectivity index (χ4n) is 3.58. The SMILES string of the molecule is C=Cc1ccc(Cn2nc3n(C)c(=O)c4ccc(C(=O)NC(C)CC)cc4n3c2=O)cc1. The standard InChI is InChI=1S/C24H25N5O3/c1-5-15(3)25-21(30)18-11-12-19-20(13-18)29-23(27(4)22(19)31)26-28(24(29)32)14-17-9-7-16(6-2)8-10-17/h6-13,15H,2,5,14H2,1,3-4H3,(H,25,30). The van der Waals surface area contributed by atoms with Crippen molar-refractivity contribution in [2.45, 2.75) is 32.9 Å². The molecule has 1 atom stereocenters. The zero-order valence-corrected chi connectivity index (χ0v) is 18.3. The highest BCUT2D eigenvalue weighted by Gasteiger charge is 2.18. The van der Waals surface area contributed by atoms with E-state index >= 15 is 0 Å². The van der Waals surface area contributed by atoms with Crippen LogP contribution >= 0.6 is 0 Å². The van der Waals surface area contributed by atoms with Crippen molar-refractivity contribution in [2.75, 3.05) is 0 Å². The summed E-state index contributed by atoms with van der Waals surface area (Å²) in [6.07, 6.45) is 2.54. The number of hydrogen-bond donors (Lipinski definition) is 1. The van der Waals surface area contributed by atoms with Gasteiger partial charge < -0.3 is 5.32 Å². The molecular weight excluding hydrogens is 406 g/mol. The Morgan fingerprint density at radius 2 is 1.91 bits per heavy atom. The van der Waals surface area contributed by atoms with E-state index in [9.17, 15) is 14.4 Å². The van der Waals surface area contributed by atoms with Crippen molar-refractivity contribution in [1.82, 2.24) is 24.1 Å². The van der Waals surface area contributed by atoms with Gasteiger partial charge in [0.05, 0.1) is 17.4 Å². The third kappa shape index (κ3) is 3.64. The summed E-state index contributed by atoms with van der Waals surface area (Å²) in [6, 6.07) is 12.4. The lowest BCUT2D eigenvalue weighted by Crippen LogP contribution is -2.32. The normalized spacial score (nSPS) is 12.2. The van der Waals surface area contributed by atoms with Gasteiger partial charge in [-0.1, -0.05) is 43.8 Å². The number of carbonyl (C=O) groups excluding carboxylic acids is 1. The minimum atomic E-state index is -0.382. The molecule has 0 saturated heterocycles. The zero-order chi connectivity index (χ0) is 23.0. The lowest BCUT2D eigenvalue weighted by Gasteiger charge is -2.12. The molecule has 32 heavy (non-hydrogen) atoms. The van der Waals surface area contributed by atoms with E-state index < -0.39 is 0 Å². The average molecular weight is 431 g/mol. The molecule has 0 spiro atoms. The summed E-state index contributed by atoms with van der Waals surface area (Å²) in [7, 11) is 1.58. The smallest absolute Gasteiger partial charge is 0.350 e. The minimum absolute atomic E-state index is 0.0137. The first-order valence-electron chi connectivity index (χ1n) is 10.5. The Morgan fingerprint density at radius 3 is 2.56 bits per heavy atom. The van der Waals surface area contributed by atoms with Gasteiger partial charge in [0.2, 0.25) is 5.78 Å². The summed E-state index contributed by atoms with van der Waals surface area (Å²) in [6.45, 7) is 7.90. The highest BCUT2D eigenvalue weighted by Crippen LogP contribution is 2.14. The molecule has 0 aliphatic rings. The fourth-order valence-corrected chi connectivity index (χ4v) is 3.58. The molecule has 2 aromatic heterocycles. The van der Waals surface area contributed by atoms with Crippen LogP contribution in [0.1, 0.15) is 41.8 Å². The first kappa shape index (κ1) is 21.3. The zero-order valence-electron chi connectivity index (χ0n) is 18.3. The van der Waals surface area contributed by atoms with Crippen LogP contribution in [0.4, 0.5) is 0 Å². The number of hydrogen-bond acceptors (Lipinski definition) is 4. The summed E-state index contributed by atoms with van der Waals surface area (Å²) >= 11 is 0. The molecule has 0 fully saturated rings. The highest BCUT2D eigenvalue weighted by molar-refractivity contribution is 5.98. The molecule has 0 aliphatic heterocycles. The number of amides is 1. The van der Waals surface area contributed by atoms with Crippen molar-refractivity contribution in [3.05, 3.63) is 86.6 Å². The van der Waals surface area contributed by atoms with Gasteiger partial charge in [-0.15, -0.1) is 5.10 Å². The number of fused-ring (bicyclic) bond motifs is 3. The van der Waals surface area contributed by atoms with Gasteiger partial charge in [0.25, 0.3) is 11.5 Å². The molecule has 2 aromatic carbocycles. The molecule has 164 valence electrons. The highest BCUT2D eigenvalue weighted by atomic mass is 16.2. The van der Waals surface area contributed by atoms with Gasteiger partial charge >= 0.3 is 5.69 Å². The molecule has 1 unspecified atom stereocenters. The van der Waals surface area contributed by atoms with E-state index in [-0.39, 0.29) is 35.5 Å². The van der Waals surface area contributed by atoms with Gasteiger partial charge in [-0.3, -0.25) is 14.2 Å². The molecule has 0 saturated carbocycles. The number of benzene rings is 2. The predicted octanol–water partition coefficient (Wildman–Crippen LogP) is 2.57. The Morgan fingerprint density at radius 1 is 1.19 bits per heavy atom. The molecule has 4 rings (SSSR count). The van der Waals surface area contributed by atoms with Gasteiger partial charge in [-0.2, -0.15) is 0 Å². The Hall–Kier alpha value is -3.94. The number of aryl methyl sites for hydroxylation is 1. The topological polar surface area (TPSA) is 90.4 Å². The second-order valence-electron chi connectivity index (χ2n) is 7.90.